The molecule has 0 saturated carbocycles. The summed E-state index contributed by atoms with van der Waals surface area (Å²) in [4.78, 5) is 24.0. The first-order valence-electron chi connectivity index (χ1n) is 9.89. The van der Waals surface area contributed by atoms with Crippen molar-refractivity contribution < 1.29 is 9.53 Å². The van der Waals surface area contributed by atoms with E-state index in [1.165, 1.54) is 6.42 Å². The number of amides is 1. The van der Waals surface area contributed by atoms with Crippen LogP contribution in [0.15, 0.2) is 42.7 Å². The SMILES string of the molecule is COc1ccccc1-c1ccnc(-n2ncc(C(=O)N3CCCC(C)C3)c2C)n1. The van der Waals surface area contributed by atoms with Crippen LogP contribution in [-0.4, -0.2) is 50.8 Å². The zero-order valence-corrected chi connectivity index (χ0v) is 17.0. The molecule has 0 N–H and O–H groups in total. The molecular formula is C22H25N5O2. The highest BCUT2D eigenvalue weighted by atomic mass is 16.5. The molecule has 1 saturated heterocycles. The van der Waals surface area contributed by atoms with Gasteiger partial charge in [-0.2, -0.15) is 5.10 Å². The second-order valence-corrected chi connectivity index (χ2v) is 7.50. The minimum absolute atomic E-state index is 0.0289. The van der Waals surface area contributed by atoms with Gasteiger partial charge in [0.05, 0.1) is 30.3 Å². The van der Waals surface area contributed by atoms with Crippen molar-refractivity contribution in [3.05, 3.63) is 54.0 Å². The molecular weight excluding hydrogens is 366 g/mol. The van der Waals surface area contributed by atoms with Gasteiger partial charge in [-0.3, -0.25) is 4.79 Å². The summed E-state index contributed by atoms with van der Waals surface area (Å²) >= 11 is 0. The number of hydrogen-bond donors (Lipinski definition) is 0. The molecule has 0 spiro atoms. The van der Waals surface area contributed by atoms with Gasteiger partial charge in [0.15, 0.2) is 0 Å². The molecule has 7 nitrogen and oxygen atoms in total. The Kier molecular flexibility index (Phi) is 5.29. The van der Waals surface area contributed by atoms with Crippen LogP contribution in [0.4, 0.5) is 0 Å². The van der Waals surface area contributed by atoms with Crippen molar-refractivity contribution >= 4 is 5.91 Å². The molecule has 0 aliphatic carbocycles. The first kappa shape index (κ1) is 19.1. The first-order chi connectivity index (χ1) is 14.1. The normalized spacial score (nSPS) is 16.7. The number of piperidine rings is 1. The smallest absolute Gasteiger partial charge is 0.257 e. The van der Waals surface area contributed by atoms with Crippen molar-refractivity contribution in [3.8, 4) is 23.0 Å². The number of benzene rings is 1. The third-order valence-corrected chi connectivity index (χ3v) is 5.40. The fraction of sp³-hybridized carbons (Fsp3) is 0.364. The lowest BCUT2D eigenvalue weighted by Crippen LogP contribution is -2.39. The number of carbonyl (C=O) groups excluding carboxylic acids is 1. The van der Waals surface area contributed by atoms with Crippen LogP contribution in [0.1, 0.15) is 35.8 Å². The Morgan fingerprint density at radius 1 is 1.24 bits per heavy atom. The molecule has 1 amide bonds. The quantitative estimate of drug-likeness (QED) is 0.680. The van der Waals surface area contributed by atoms with E-state index < -0.39 is 0 Å². The Morgan fingerprint density at radius 3 is 2.86 bits per heavy atom. The summed E-state index contributed by atoms with van der Waals surface area (Å²) in [5.41, 5.74) is 2.96. The summed E-state index contributed by atoms with van der Waals surface area (Å²) < 4.78 is 7.07. The summed E-state index contributed by atoms with van der Waals surface area (Å²) in [6.45, 7) is 5.66. The van der Waals surface area contributed by atoms with Crippen molar-refractivity contribution in [2.45, 2.75) is 26.7 Å². The minimum Gasteiger partial charge on any atom is -0.496 e. The van der Waals surface area contributed by atoms with Crippen molar-refractivity contribution in [3.63, 3.8) is 0 Å². The Labute approximate surface area is 170 Å². The number of rotatable bonds is 4. The molecule has 29 heavy (non-hydrogen) atoms. The zero-order chi connectivity index (χ0) is 20.4. The fourth-order valence-electron chi connectivity index (χ4n) is 3.82. The number of likely N-dealkylation sites (tertiary alicyclic amines) is 1. The van der Waals surface area contributed by atoms with Gasteiger partial charge >= 0.3 is 0 Å². The van der Waals surface area contributed by atoms with Crippen molar-refractivity contribution in [1.29, 1.82) is 0 Å². The Morgan fingerprint density at radius 2 is 2.07 bits per heavy atom. The van der Waals surface area contributed by atoms with Crippen LogP contribution in [0.2, 0.25) is 0 Å². The monoisotopic (exact) mass is 391 g/mol. The lowest BCUT2D eigenvalue weighted by Gasteiger charge is -2.30. The summed E-state index contributed by atoms with van der Waals surface area (Å²) in [6, 6.07) is 9.54. The molecule has 7 heteroatoms. The molecule has 1 aliphatic heterocycles. The number of para-hydroxylation sites is 1. The van der Waals surface area contributed by atoms with E-state index in [9.17, 15) is 4.79 Å². The van der Waals surface area contributed by atoms with E-state index in [1.807, 2.05) is 42.2 Å². The maximum Gasteiger partial charge on any atom is 0.257 e. The van der Waals surface area contributed by atoms with Crippen LogP contribution in [-0.2, 0) is 0 Å². The maximum absolute atomic E-state index is 13.0. The van der Waals surface area contributed by atoms with E-state index in [0.717, 1.165) is 42.2 Å². The summed E-state index contributed by atoms with van der Waals surface area (Å²) in [5, 5.41) is 4.41. The molecule has 3 heterocycles. The van der Waals surface area contributed by atoms with E-state index >= 15 is 0 Å². The minimum atomic E-state index is 0.0289. The second kappa shape index (κ2) is 8.03. The first-order valence-corrected chi connectivity index (χ1v) is 9.89. The van der Waals surface area contributed by atoms with Gasteiger partial charge in [-0.15, -0.1) is 0 Å². The molecule has 0 radical (unpaired) electrons. The summed E-state index contributed by atoms with van der Waals surface area (Å²) in [6.07, 6.45) is 5.53. The van der Waals surface area contributed by atoms with Gasteiger partial charge in [-0.1, -0.05) is 19.1 Å². The summed E-state index contributed by atoms with van der Waals surface area (Å²) in [5.74, 6) is 1.73. The van der Waals surface area contributed by atoms with E-state index in [1.54, 1.807) is 24.2 Å². The van der Waals surface area contributed by atoms with Gasteiger partial charge < -0.3 is 9.64 Å². The number of nitrogens with zero attached hydrogens (tertiary/aromatic N) is 5. The predicted octanol–water partition coefficient (Wildman–Crippen LogP) is 3.52. The maximum atomic E-state index is 13.0. The van der Waals surface area contributed by atoms with E-state index in [2.05, 4.69) is 22.0 Å². The highest BCUT2D eigenvalue weighted by Crippen LogP contribution is 2.28. The van der Waals surface area contributed by atoms with Crippen LogP contribution in [0.5, 0.6) is 5.75 Å². The molecule has 1 unspecified atom stereocenters. The van der Waals surface area contributed by atoms with Crippen LogP contribution in [0.3, 0.4) is 0 Å². The van der Waals surface area contributed by atoms with Crippen LogP contribution in [0.25, 0.3) is 17.2 Å². The topological polar surface area (TPSA) is 73.1 Å². The molecule has 1 aromatic carbocycles. The molecule has 3 aromatic rings. The van der Waals surface area contributed by atoms with Gasteiger partial charge in [0.1, 0.15) is 5.75 Å². The Hall–Kier alpha value is -3.22. The van der Waals surface area contributed by atoms with Gasteiger partial charge in [0.2, 0.25) is 0 Å². The molecule has 4 rings (SSSR count). The molecule has 1 atom stereocenters. The van der Waals surface area contributed by atoms with E-state index in [0.29, 0.717) is 17.4 Å². The molecule has 2 aromatic heterocycles. The number of methoxy groups -OCH3 is 1. The molecule has 150 valence electrons. The van der Waals surface area contributed by atoms with Crippen molar-refractivity contribution in [2.75, 3.05) is 20.2 Å². The van der Waals surface area contributed by atoms with Gasteiger partial charge in [0, 0.05) is 24.8 Å². The molecule has 0 bridgehead atoms. The lowest BCUT2D eigenvalue weighted by atomic mass is 9.99. The standard InChI is InChI=1S/C22H25N5O2/c1-15-7-6-12-26(14-15)21(28)18-13-24-27(16(18)2)22-23-11-10-19(25-22)17-8-4-5-9-20(17)29-3/h4-5,8-11,13,15H,6-7,12,14H2,1-3H3. The zero-order valence-electron chi connectivity index (χ0n) is 17.0. The number of ether oxygens (including phenoxy) is 1. The highest BCUT2D eigenvalue weighted by molar-refractivity contribution is 5.95. The lowest BCUT2D eigenvalue weighted by molar-refractivity contribution is 0.0682. The largest absolute Gasteiger partial charge is 0.496 e. The van der Waals surface area contributed by atoms with Crippen molar-refractivity contribution in [1.82, 2.24) is 24.6 Å². The van der Waals surface area contributed by atoms with Crippen LogP contribution < -0.4 is 4.74 Å². The highest BCUT2D eigenvalue weighted by Gasteiger charge is 2.25. The molecule has 1 fully saturated rings. The third kappa shape index (κ3) is 3.72. The van der Waals surface area contributed by atoms with Gasteiger partial charge in [-0.25, -0.2) is 14.6 Å². The average molecular weight is 391 g/mol. The summed E-state index contributed by atoms with van der Waals surface area (Å²) in [7, 11) is 1.64. The number of aromatic nitrogens is 4. The van der Waals surface area contributed by atoms with Crippen LogP contribution >= 0.6 is 0 Å². The number of carbonyl (C=O) groups is 1. The Bertz CT molecular complexity index is 1030. The average Bonchev–Trinajstić information content (AvgIpc) is 3.14. The Balaban J connectivity index is 1.66. The second-order valence-electron chi connectivity index (χ2n) is 7.50. The molecule has 1 aliphatic rings. The predicted molar refractivity (Wildman–Crippen MR) is 110 cm³/mol. The van der Waals surface area contributed by atoms with Crippen LogP contribution in [0, 0.1) is 12.8 Å². The third-order valence-electron chi connectivity index (χ3n) is 5.40. The fourth-order valence-corrected chi connectivity index (χ4v) is 3.82. The van der Waals surface area contributed by atoms with Crippen molar-refractivity contribution in [2.24, 2.45) is 5.92 Å². The van der Waals surface area contributed by atoms with E-state index in [-0.39, 0.29) is 5.91 Å². The van der Waals surface area contributed by atoms with Gasteiger partial charge in [0.25, 0.3) is 11.9 Å². The van der Waals surface area contributed by atoms with E-state index in [4.69, 9.17) is 4.74 Å². The van der Waals surface area contributed by atoms with Gasteiger partial charge in [-0.05, 0) is 43.9 Å². The number of hydrogen-bond acceptors (Lipinski definition) is 5.